The Balaban J connectivity index is 1.98. The lowest BCUT2D eigenvalue weighted by Crippen LogP contribution is -2.37. The minimum absolute atomic E-state index is 0.470. The summed E-state index contributed by atoms with van der Waals surface area (Å²) in [6.45, 7) is 4.18. The van der Waals surface area contributed by atoms with Crippen LogP contribution in [0.1, 0.15) is 18.5 Å². The molecular formula is C11H19N5. The number of anilines is 2. The number of nitrogens with zero attached hydrogens (tertiary/aromatic N) is 3. The van der Waals surface area contributed by atoms with Crippen LogP contribution >= 0.6 is 0 Å². The summed E-state index contributed by atoms with van der Waals surface area (Å²) in [6.07, 6.45) is 2.27. The van der Waals surface area contributed by atoms with E-state index in [0.29, 0.717) is 17.8 Å². The summed E-state index contributed by atoms with van der Waals surface area (Å²) in [7, 11) is 2.15. The number of nitrogens with one attached hydrogen (secondary N) is 1. The molecule has 5 heteroatoms. The van der Waals surface area contributed by atoms with E-state index in [2.05, 4.69) is 27.2 Å². The molecule has 0 radical (unpaired) electrons. The molecule has 16 heavy (non-hydrogen) atoms. The standard InChI is InChI=1S/C11H19N5/c1-8-7-10(12)15-11(13-8)14-9-3-5-16(2)6-4-9/h7,9H,3-6H2,1-2H3,(H3,12,13,14,15). The zero-order valence-corrected chi connectivity index (χ0v) is 9.90. The highest BCUT2D eigenvalue weighted by atomic mass is 15.2. The van der Waals surface area contributed by atoms with Gasteiger partial charge in [0, 0.05) is 17.8 Å². The highest BCUT2D eigenvalue weighted by Crippen LogP contribution is 2.14. The Morgan fingerprint density at radius 2 is 2.06 bits per heavy atom. The minimum Gasteiger partial charge on any atom is -0.384 e. The van der Waals surface area contributed by atoms with Crippen LogP contribution in [0.4, 0.5) is 11.8 Å². The second-order valence-corrected chi connectivity index (χ2v) is 4.48. The van der Waals surface area contributed by atoms with E-state index < -0.39 is 0 Å². The summed E-state index contributed by atoms with van der Waals surface area (Å²) in [5.41, 5.74) is 6.59. The monoisotopic (exact) mass is 221 g/mol. The molecule has 88 valence electrons. The normalized spacial score (nSPS) is 18.6. The molecule has 1 aliphatic rings. The van der Waals surface area contributed by atoms with Crippen molar-refractivity contribution < 1.29 is 0 Å². The van der Waals surface area contributed by atoms with E-state index in [1.165, 1.54) is 0 Å². The van der Waals surface area contributed by atoms with Crippen LogP contribution in [0.15, 0.2) is 6.07 Å². The lowest BCUT2D eigenvalue weighted by atomic mass is 10.1. The van der Waals surface area contributed by atoms with Gasteiger partial charge in [-0.05, 0) is 39.9 Å². The van der Waals surface area contributed by atoms with Gasteiger partial charge < -0.3 is 16.0 Å². The second-order valence-electron chi connectivity index (χ2n) is 4.48. The van der Waals surface area contributed by atoms with E-state index in [1.54, 1.807) is 6.07 Å². The van der Waals surface area contributed by atoms with E-state index in [4.69, 9.17) is 5.73 Å². The Bertz CT molecular complexity index is 337. The molecule has 0 unspecified atom stereocenters. The van der Waals surface area contributed by atoms with Crippen LogP contribution < -0.4 is 11.1 Å². The van der Waals surface area contributed by atoms with Gasteiger partial charge in [0.05, 0.1) is 0 Å². The summed E-state index contributed by atoms with van der Waals surface area (Å²) < 4.78 is 0. The summed E-state index contributed by atoms with van der Waals surface area (Å²) in [5.74, 6) is 1.19. The molecule has 5 nitrogen and oxygen atoms in total. The first-order chi connectivity index (χ1) is 7.63. The summed E-state index contributed by atoms with van der Waals surface area (Å²) in [6, 6.07) is 2.25. The second kappa shape index (κ2) is 4.65. The number of aromatic nitrogens is 2. The number of nitrogens with two attached hydrogens (primary N) is 1. The topological polar surface area (TPSA) is 67.1 Å². The Morgan fingerprint density at radius 3 is 2.69 bits per heavy atom. The average Bonchev–Trinajstić information content (AvgIpc) is 2.20. The smallest absolute Gasteiger partial charge is 0.225 e. The summed E-state index contributed by atoms with van der Waals surface area (Å²) in [5, 5.41) is 3.35. The summed E-state index contributed by atoms with van der Waals surface area (Å²) >= 11 is 0. The molecule has 0 spiro atoms. The van der Waals surface area contributed by atoms with E-state index in [1.807, 2.05) is 6.92 Å². The van der Waals surface area contributed by atoms with Crippen LogP contribution in [0.5, 0.6) is 0 Å². The molecule has 1 aromatic heterocycles. The summed E-state index contributed by atoms with van der Waals surface area (Å²) in [4.78, 5) is 10.9. The van der Waals surface area contributed by atoms with Crippen LogP contribution in [0.25, 0.3) is 0 Å². The molecule has 0 saturated carbocycles. The maximum absolute atomic E-state index is 5.69. The van der Waals surface area contributed by atoms with Gasteiger partial charge in [0.25, 0.3) is 0 Å². The van der Waals surface area contributed by atoms with Crippen molar-refractivity contribution in [3.63, 3.8) is 0 Å². The first-order valence-corrected chi connectivity index (χ1v) is 5.70. The third kappa shape index (κ3) is 2.82. The maximum Gasteiger partial charge on any atom is 0.225 e. The molecule has 1 aliphatic heterocycles. The van der Waals surface area contributed by atoms with Gasteiger partial charge in [-0.15, -0.1) is 0 Å². The van der Waals surface area contributed by atoms with Gasteiger partial charge >= 0.3 is 0 Å². The molecule has 1 saturated heterocycles. The Morgan fingerprint density at radius 1 is 1.38 bits per heavy atom. The van der Waals surface area contributed by atoms with Crippen LogP contribution in [-0.4, -0.2) is 41.0 Å². The van der Waals surface area contributed by atoms with E-state index >= 15 is 0 Å². The van der Waals surface area contributed by atoms with Crippen LogP contribution in [0, 0.1) is 6.92 Å². The molecule has 1 fully saturated rings. The van der Waals surface area contributed by atoms with Crippen molar-refractivity contribution in [1.29, 1.82) is 0 Å². The van der Waals surface area contributed by atoms with Crippen molar-refractivity contribution in [1.82, 2.24) is 14.9 Å². The highest BCUT2D eigenvalue weighted by molar-refractivity contribution is 5.38. The number of nitrogen functional groups attached to an aromatic ring is 1. The lowest BCUT2D eigenvalue weighted by molar-refractivity contribution is 0.263. The van der Waals surface area contributed by atoms with E-state index in [-0.39, 0.29) is 0 Å². The SMILES string of the molecule is Cc1cc(N)nc(NC2CCN(C)CC2)n1. The molecule has 2 rings (SSSR count). The van der Waals surface area contributed by atoms with Crippen LogP contribution in [-0.2, 0) is 0 Å². The van der Waals surface area contributed by atoms with Gasteiger partial charge in [0.15, 0.2) is 0 Å². The molecule has 0 aromatic carbocycles. The third-order valence-electron chi connectivity index (χ3n) is 2.93. The Kier molecular flexibility index (Phi) is 3.24. The van der Waals surface area contributed by atoms with Gasteiger partial charge in [0.1, 0.15) is 5.82 Å². The number of piperidine rings is 1. The highest BCUT2D eigenvalue weighted by Gasteiger charge is 2.17. The minimum atomic E-state index is 0.470. The molecule has 0 aliphatic carbocycles. The Labute approximate surface area is 96.1 Å². The fraction of sp³-hybridized carbons (Fsp3) is 0.636. The zero-order valence-electron chi connectivity index (χ0n) is 9.90. The fourth-order valence-corrected chi connectivity index (χ4v) is 1.99. The van der Waals surface area contributed by atoms with E-state index in [9.17, 15) is 0 Å². The molecule has 0 bridgehead atoms. The molecule has 1 aromatic rings. The predicted molar refractivity (Wildman–Crippen MR) is 65.3 cm³/mol. The van der Waals surface area contributed by atoms with Gasteiger partial charge in [-0.2, -0.15) is 4.98 Å². The first kappa shape index (κ1) is 11.1. The van der Waals surface area contributed by atoms with Crippen LogP contribution in [0.2, 0.25) is 0 Å². The van der Waals surface area contributed by atoms with Crippen molar-refractivity contribution >= 4 is 11.8 Å². The lowest BCUT2D eigenvalue weighted by Gasteiger charge is -2.29. The quantitative estimate of drug-likeness (QED) is 0.775. The first-order valence-electron chi connectivity index (χ1n) is 5.70. The predicted octanol–water partition coefficient (Wildman–Crippen LogP) is 0.873. The Hall–Kier alpha value is -1.36. The van der Waals surface area contributed by atoms with Crippen molar-refractivity contribution in [2.75, 3.05) is 31.2 Å². The van der Waals surface area contributed by atoms with Gasteiger partial charge in [-0.3, -0.25) is 0 Å². The number of rotatable bonds is 2. The van der Waals surface area contributed by atoms with Crippen molar-refractivity contribution in [2.45, 2.75) is 25.8 Å². The number of hydrogen-bond donors (Lipinski definition) is 2. The van der Waals surface area contributed by atoms with Crippen molar-refractivity contribution in [2.24, 2.45) is 0 Å². The zero-order chi connectivity index (χ0) is 11.5. The van der Waals surface area contributed by atoms with Crippen molar-refractivity contribution in [3.8, 4) is 0 Å². The van der Waals surface area contributed by atoms with Crippen molar-refractivity contribution in [3.05, 3.63) is 11.8 Å². The number of hydrogen-bond acceptors (Lipinski definition) is 5. The molecular weight excluding hydrogens is 202 g/mol. The van der Waals surface area contributed by atoms with Gasteiger partial charge in [-0.25, -0.2) is 4.98 Å². The largest absolute Gasteiger partial charge is 0.384 e. The van der Waals surface area contributed by atoms with Gasteiger partial charge in [0.2, 0.25) is 5.95 Å². The van der Waals surface area contributed by atoms with Crippen LogP contribution in [0.3, 0.4) is 0 Å². The molecule has 3 N–H and O–H groups in total. The maximum atomic E-state index is 5.69. The fourth-order valence-electron chi connectivity index (χ4n) is 1.99. The van der Waals surface area contributed by atoms with Gasteiger partial charge in [-0.1, -0.05) is 0 Å². The molecule has 2 heterocycles. The molecule has 0 amide bonds. The average molecular weight is 221 g/mol. The third-order valence-corrected chi connectivity index (χ3v) is 2.93. The molecule has 0 atom stereocenters. The number of aryl methyl sites for hydroxylation is 1. The van der Waals surface area contributed by atoms with E-state index in [0.717, 1.165) is 31.6 Å². The number of likely N-dealkylation sites (tertiary alicyclic amines) is 1.